The molecule has 0 bridgehead atoms. The third-order valence-corrected chi connectivity index (χ3v) is 5.33. The van der Waals surface area contributed by atoms with Gasteiger partial charge in [0.1, 0.15) is 5.82 Å². The molecule has 1 aromatic carbocycles. The van der Waals surface area contributed by atoms with Gasteiger partial charge in [-0.25, -0.2) is 9.07 Å². The third kappa shape index (κ3) is 3.84. The van der Waals surface area contributed by atoms with Crippen LogP contribution in [0.4, 0.5) is 4.39 Å². The van der Waals surface area contributed by atoms with Gasteiger partial charge in [0.05, 0.1) is 12.4 Å². The van der Waals surface area contributed by atoms with Crippen LogP contribution in [0.1, 0.15) is 19.8 Å². The van der Waals surface area contributed by atoms with Crippen LogP contribution in [-0.2, 0) is 6.67 Å². The van der Waals surface area contributed by atoms with E-state index in [0.29, 0.717) is 17.4 Å². The molecule has 0 aliphatic carbocycles. The number of rotatable bonds is 4. The maximum absolute atomic E-state index is 13.4. The van der Waals surface area contributed by atoms with Gasteiger partial charge in [0.2, 0.25) is 4.77 Å². The lowest BCUT2D eigenvalue weighted by atomic mass is 10.0. The van der Waals surface area contributed by atoms with Crippen molar-refractivity contribution in [2.45, 2.75) is 26.4 Å². The zero-order valence-corrected chi connectivity index (χ0v) is 16.1. The number of aromatic nitrogens is 4. The van der Waals surface area contributed by atoms with Gasteiger partial charge < -0.3 is 0 Å². The Kier molecular flexibility index (Phi) is 5.13. The van der Waals surface area contributed by atoms with E-state index in [0.717, 1.165) is 30.2 Å². The third-order valence-electron chi connectivity index (χ3n) is 4.94. The minimum Gasteiger partial charge on any atom is -0.284 e. The highest BCUT2D eigenvalue weighted by Crippen LogP contribution is 2.23. The fourth-order valence-corrected chi connectivity index (χ4v) is 3.91. The molecular weight excluding hydrogens is 361 g/mol. The summed E-state index contributed by atoms with van der Waals surface area (Å²) in [5.74, 6) is 1.15. The molecule has 3 aromatic rings. The average Bonchev–Trinajstić information content (AvgIpc) is 3.00. The molecule has 140 valence electrons. The minimum atomic E-state index is -0.273. The van der Waals surface area contributed by atoms with Crippen molar-refractivity contribution in [3.63, 3.8) is 0 Å². The van der Waals surface area contributed by atoms with E-state index in [4.69, 9.17) is 17.3 Å². The molecule has 4 rings (SSSR count). The van der Waals surface area contributed by atoms with Gasteiger partial charge in [-0.15, -0.1) is 5.10 Å². The monoisotopic (exact) mass is 383 g/mol. The Hall–Kier alpha value is -2.38. The molecule has 1 aliphatic rings. The molecule has 1 fully saturated rings. The lowest BCUT2D eigenvalue weighted by Crippen LogP contribution is -2.36. The molecule has 3 heterocycles. The smallest absolute Gasteiger partial charge is 0.204 e. The molecular formula is C20H22FN5S. The van der Waals surface area contributed by atoms with E-state index >= 15 is 0 Å². The maximum atomic E-state index is 13.4. The number of nitrogens with zero attached hydrogens (tertiary/aromatic N) is 5. The standard InChI is InChI=1S/C20H22FN5S/c1-15-3-2-12-24(13-15)14-25-20(27)26(18-6-4-17(21)5-7-18)19(23-25)16-8-10-22-11-9-16/h4-11,15H,2-3,12-14H2,1H3/t15-/m1/s1. The van der Waals surface area contributed by atoms with Gasteiger partial charge in [-0.2, -0.15) is 0 Å². The predicted molar refractivity (Wildman–Crippen MR) is 106 cm³/mol. The van der Waals surface area contributed by atoms with Gasteiger partial charge in [-0.1, -0.05) is 6.92 Å². The Balaban J connectivity index is 1.77. The number of pyridine rings is 1. The molecule has 1 saturated heterocycles. The van der Waals surface area contributed by atoms with Crippen LogP contribution in [0.15, 0.2) is 48.8 Å². The first kappa shape index (κ1) is 18.0. The van der Waals surface area contributed by atoms with Crippen LogP contribution in [0, 0.1) is 16.5 Å². The molecule has 2 aromatic heterocycles. The number of hydrogen-bond donors (Lipinski definition) is 0. The molecule has 0 amide bonds. The van der Waals surface area contributed by atoms with E-state index in [2.05, 4.69) is 16.8 Å². The molecule has 0 radical (unpaired) electrons. The van der Waals surface area contributed by atoms with E-state index in [9.17, 15) is 4.39 Å². The largest absolute Gasteiger partial charge is 0.284 e. The summed E-state index contributed by atoms with van der Waals surface area (Å²) in [7, 11) is 0. The van der Waals surface area contributed by atoms with Gasteiger partial charge in [0, 0.05) is 24.5 Å². The van der Waals surface area contributed by atoms with Crippen molar-refractivity contribution in [3.05, 3.63) is 59.4 Å². The Labute approximate surface area is 163 Å². The Bertz CT molecular complexity index is 964. The molecule has 0 spiro atoms. The molecule has 5 nitrogen and oxygen atoms in total. The SMILES string of the molecule is C[C@@H]1CCCN(Cn2nc(-c3ccncc3)n(-c3ccc(F)cc3)c2=S)C1. The van der Waals surface area contributed by atoms with Crippen molar-refractivity contribution in [1.29, 1.82) is 0 Å². The molecule has 0 saturated carbocycles. The minimum absolute atomic E-state index is 0.273. The molecule has 0 unspecified atom stereocenters. The van der Waals surface area contributed by atoms with Crippen LogP contribution in [0.25, 0.3) is 17.1 Å². The van der Waals surface area contributed by atoms with Gasteiger partial charge in [0.25, 0.3) is 0 Å². The van der Waals surface area contributed by atoms with Gasteiger partial charge in [-0.3, -0.25) is 14.5 Å². The fraction of sp³-hybridized carbons (Fsp3) is 0.350. The molecule has 7 heteroatoms. The van der Waals surface area contributed by atoms with Crippen LogP contribution in [0.3, 0.4) is 0 Å². The molecule has 1 atom stereocenters. The number of hydrogen-bond acceptors (Lipinski definition) is 4. The highest BCUT2D eigenvalue weighted by Gasteiger charge is 2.20. The predicted octanol–water partition coefficient (Wildman–Crippen LogP) is 4.29. The topological polar surface area (TPSA) is 38.9 Å². The van der Waals surface area contributed by atoms with Crippen molar-refractivity contribution in [1.82, 2.24) is 24.2 Å². The van der Waals surface area contributed by atoms with Crippen molar-refractivity contribution < 1.29 is 4.39 Å². The molecule has 1 aliphatic heterocycles. The summed E-state index contributed by atoms with van der Waals surface area (Å²) in [6.45, 7) is 5.05. The maximum Gasteiger partial charge on any atom is 0.204 e. The first-order chi connectivity index (χ1) is 13.1. The number of likely N-dealkylation sites (tertiary alicyclic amines) is 1. The van der Waals surface area contributed by atoms with Crippen molar-refractivity contribution in [3.8, 4) is 17.1 Å². The van der Waals surface area contributed by atoms with Crippen LogP contribution in [-0.4, -0.2) is 37.3 Å². The normalized spacial score (nSPS) is 17.9. The number of halogens is 1. The van der Waals surface area contributed by atoms with E-state index in [1.165, 1.54) is 25.0 Å². The zero-order valence-electron chi connectivity index (χ0n) is 15.3. The second kappa shape index (κ2) is 7.70. The average molecular weight is 383 g/mol. The van der Waals surface area contributed by atoms with Gasteiger partial charge in [0.15, 0.2) is 5.82 Å². The highest BCUT2D eigenvalue weighted by atomic mass is 32.1. The highest BCUT2D eigenvalue weighted by molar-refractivity contribution is 7.71. The lowest BCUT2D eigenvalue weighted by Gasteiger charge is -2.30. The first-order valence-corrected chi connectivity index (χ1v) is 9.61. The summed E-state index contributed by atoms with van der Waals surface area (Å²) in [5, 5.41) is 4.81. The van der Waals surface area contributed by atoms with E-state index in [1.807, 2.05) is 21.4 Å². The quantitative estimate of drug-likeness (QED) is 0.630. The summed E-state index contributed by atoms with van der Waals surface area (Å²) in [6, 6.07) is 10.2. The molecule has 27 heavy (non-hydrogen) atoms. The van der Waals surface area contributed by atoms with Crippen molar-refractivity contribution in [2.75, 3.05) is 13.1 Å². The second-order valence-electron chi connectivity index (χ2n) is 7.12. The Morgan fingerprint density at radius 2 is 1.89 bits per heavy atom. The van der Waals surface area contributed by atoms with Crippen LogP contribution in [0.2, 0.25) is 0 Å². The summed E-state index contributed by atoms with van der Waals surface area (Å²) < 4.78 is 17.8. The van der Waals surface area contributed by atoms with E-state index < -0.39 is 0 Å². The summed E-state index contributed by atoms with van der Waals surface area (Å²) in [6.07, 6.45) is 5.94. The van der Waals surface area contributed by atoms with Crippen LogP contribution in [0.5, 0.6) is 0 Å². The lowest BCUT2D eigenvalue weighted by molar-refractivity contribution is 0.138. The number of piperidine rings is 1. The first-order valence-electron chi connectivity index (χ1n) is 9.20. The zero-order chi connectivity index (χ0) is 18.8. The molecule has 0 N–H and O–H groups in total. The van der Waals surface area contributed by atoms with Gasteiger partial charge in [-0.05, 0) is 73.9 Å². The summed E-state index contributed by atoms with van der Waals surface area (Å²) >= 11 is 5.75. The van der Waals surface area contributed by atoms with E-state index in [-0.39, 0.29) is 5.82 Å². The van der Waals surface area contributed by atoms with Gasteiger partial charge >= 0.3 is 0 Å². The van der Waals surface area contributed by atoms with Crippen molar-refractivity contribution >= 4 is 12.2 Å². The Morgan fingerprint density at radius 1 is 1.15 bits per heavy atom. The van der Waals surface area contributed by atoms with Crippen LogP contribution >= 0.6 is 12.2 Å². The summed E-state index contributed by atoms with van der Waals surface area (Å²) in [5.41, 5.74) is 1.72. The number of benzene rings is 1. The Morgan fingerprint density at radius 3 is 2.59 bits per heavy atom. The van der Waals surface area contributed by atoms with Crippen molar-refractivity contribution in [2.24, 2.45) is 5.92 Å². The fourth-order valence-electron chi connectivity index (χ4n) is 3.62. The second-order valence-corrected chi connectivity index (χ2v) is 7.48. The summed E-state index contributed by atoms with van der Waals surface area (Å²) in [4.78, 5) is 6.48. The van der Waals surface area contributed by atoms with E-state index in [1.54, 1.807) is 24.5 Å². The van der Waals surface area contributed by atoms with Crippen LogP contribution < -0.4 is 0 Å².